The number of benzene rings is 1. The molecule has 0 aliphatic heterocycles. The Morgan fingerprint density at radius 3 is 2.94 bits per heavy atom. The van der Waals surface area contributed by atoms with Gasteiger partial charge in [-0.05, 0) is 25.1 Å². The zero-order chi connectivity index (χ0) is 12.3. The molecule has 1 heterocycles. The Bertz CT molecular complexity index is 510. The summed E-state index contributed by atoms with van der Waals surface area (Å²) in [5, 5.41) is 9.05. The summed E-state index contributed by atoms with van der Waals surface area (Å²) in [6, 6.07) is 4.51. The van der Waals surface area contributed by atoms with Crippen molar-refractivity contribution in [1.82, 2.24) is 9.55 Å². The van der Waals surface area contributed by atoms with Crippen LogP contribution in [0.15, 0.2) is 18.2 Å². The molecule has 0 amide bonds. The first-order valence-corrected chi connectivity index (χ1v) is 5.72. The van der Waals surface area contributed by atoms with Crippen LogP contribution in [-0.4, -0.2) is 27.8 Å². The number of aliphatic hydroxyl groups is 1. The zero-order valence-electron chi connectivity index (χ0n) is 9.56. The Hall–Kier alpha value is -1.46. The van der Waals surface area contributed by atoms with Gasteiger partial charge in [0.1, 0.15) is 11.6 Å². The quantitative estimate of drug-likeness (QED) is 0.817. The maximum Gasteiger partial charge on any atom is 0.125 e. The number of aromatic nitrogens is 2. The van der Waals surface area contributed by atoms with Gasteiger partial charge >= 0.3 is 0 Å². The van der Waals surface area contributed by atoms with Gasteiger partial charge in [-0.25, -0.2) is 9.37 Å². The van der Waals surface area contributed by atoms with E-state index in [1.807, 2.05) is 4.57 Å². The van der Waals surface area contributed by atoms with E-state index in [1.165, 1.54) is 12.1 Å². The highest BCUT2D eigenvalue weighted by atomic mass is 19.1. The third-order valence-electron chi connectivity index (χ3n) is 2.72. The summed E-state index contributed by atoms with van der Waals surface area (Å²) in [5.74, 6) is 0.557. The molecule has 0 unspecified atom stereocenters. The third-order valence-corrected chi connectivity index (χ3v) is 2.72. The van der Waals surface area contributed by atoms with E-state index in [0.29, 0.717) is 18.6 Å². The molecule has 0 aliphatic rings. The van der Waals surface area contributed by atoms with Crippen LogP contribution in [0.1, 0.15) is 12.2 Å². The molecule has 1 aromatic carbocycles. The van der Waals surface area contributed by atoms with Crippen molar-refractivity contribution in [3.63, 3.8) is 0 Å². The zero-order valence-corrected chi connectivity index (χ0v) is 9.56. The van der Waals surface area contributed by atoms with Gasteiger partial charge in [-0.2, -0.15) is 0 Å². The van der Waals surface area contributed by atoms with Gasteiger partial charge in [0, 0.05) is 19.0 Å². The topological polar surface area (TPSA) is 64.1 Å². The molecule has 0 fully saturated rings. The van der Waals surface area contributed by atoms with Crippen molar-refractivity contribution in [2.24, 2.45) is 5.73 Å². The second-order valence-corrected chi connectivity index (χ2v) is 3.93. The Labute approximate surface area is 98.9 Å². The highest BCUT2D eigenvalue weighted by Gasteiger charge is 2.10. The van der Waals surface area contributed by atoms with Gasteiger partial charge in [-0.3, -0.25) is 0 Å². The molecule has 0 spiro atoms. The summed E-state index contributed by atoms with van der Waals surface area (Å²) in [7, 11) is 0. The number of nitrogens with zero attached hydrogens (tertiary/aromatic N) is 2. The summed E-state index contributed by atoms with van der Waals surface area (Å²) in [6.07, 6.45) is 1.57. The van der Waals surface area contributed by atoms with Crippen molar-refractivity contribution in [2.75, 3.05) is 13.2 Å². The highest BCUT2D eigenvalue weighted by molar-refractivity contribution is 5.76. The second-order valence-electron chi connectivity index (χ2n) is 3.93. The summed E-state index contributed by atoms with van der Waals surface area (Å²) in [6.45, 7) is 1.11. The molecule has 4 nitrogen and oxygen atoms in total. The number of aryl methyl sites for hydroxylation is 1. The van der Waals surface area contributed by atoms with Crippen LogP contribution in [0, 0.1) is 5.82 Å². The van der Waals surface area contributed by atoms with Gasteiger partial charge in [-0.15, -0.1) is 0 Å². The first-order chi connectivity index (χ1) is 8.26. The van der Waals surface area contributed by atoms with Gasteiger partial charge in [0.2, 0.25) is 0 Å². The van der Waals surface area contributed by atoms with Crippen LogP contribution in [0.25, 0.3) is 11.0 Å². The predicted octanol–water partition coefficient (Wildman–Crippen LogP) is 1.06. The van der Waals surface area contributed by atoms with Crippen molar-refractivity contribution in [2.45, 2.75) is 19.4 Å². The van der Waals surface area contributed by atoms with Gasteiger partial charge < -0.3 is 15.4 Å². The molecule has 5 heteroatoms. The molecule has 2 aromatic rings. The van der Waals surface area contributed by atoms with Crippen LogP contribution in [0.3, 0.4) is 0 Å². The molecule has 0 aliphatic carbocycles. The average molecular weight is 237 g/mol. The lowest BCUT2D eigenvalue weighted by Gasteiger charge is -2.06. The molecule has 1 aromatic heterocycles. The molecule has 0 radical (unpaired) electrons. The van der Waals surface area contributed by atoms with Crippen LogP contribution < -0.4 is 5.73 Å². The van der Waals surface area contributed by atoms with Gasteiger partial charge in [0.25, 0.3) is 0 Å². The minimum atomic E-state index is -0.295. The number of halogens is 1. The molecule has 2 rings (SSSR count). The fraction of sp³-hybridized carbons (Fsp3) is 0.417. The van der Waals surface area contributed by atoms with E-state index in [4.69, 9.17) is 10.8 Å². The molecule has 0 atom stereocenters. The van der Waals surface area contributed by atoms with Crippen LogP contribution in [-0.2, 0) is 13.0 Å². The fourth-order valence-corrected chi connectivity index (χ4v) is 1.95. The van der Waals surface area contributed by atoms with Crippen LogP contribution in [0.5, 0.6) is 0 Å². The Balaban J connectivity index is 2.45. The number of fused-ring (bicyclic) bond motifs is 1. The summed E-state index contributed by atoms with van der Waals surface area (Å²) in [5.41, 5.74) is 6.96. The fourth-order valence-electron chi connectivity index (χ4n) is 1.95. The smallest absolute Gasteiger partial charge is 0.125 e. The molecule has 0 saturated carbocycles. The largest absolute Gasteiger partial charge is 0.395 e. The van der Waals surface area contributed by atoms with E-state index in [0.717, 1.165) is 24.2 Å². The highest BCUT2D eigenvalue weighted by Crippen LogP contribution is 2.18. The number of nitrogens with two attached hydrogens (primary N) is 1. The average Bonchev–Trinajstić information content (AvgIpc) is 2.64. The van der Waals surface area contributed by atoms with Crippen molar-refractivity contribution in [3.05, 3.63) is 29.8 Å². The van der Waals surface area contributed by atoms with Crippen molar-refractivity contribution < 1.29 is 9.50 Å². The Morgan fingerprint density at radius 2 is 2.24 bits per heavy atom. The van der Waals surface area contributed by atoms with Crippen LogP contribution in [0.2, 0.25) is 0 Å². The minimum absolute atomic E-state index is 0.0401. The first kappa shape index (κ1) is 12.0. The van der Waals surface area contributed by atoms with E-state index in [9.17, 15) is 4.39 Å². The summed E-state index contributed by atoms with van der Waals surface area (Å²) < 4.78 is 15.0. The summed E-state index contributed by atoms with van der Waals surface area (Å²) >= 11 is 0. The maximum atomic E-state index is 13.1. The lowest BCUT2D eigenvalue weighted by molar-refractivity contribution is 0.276. The lowest BCUT2D eigenvalue weighted by Crippen LogP contribution is -2.09. The van der Waals surface area contributed by atoms with Crippen molar-refractivity contribution >= 4 is 11.0 Å². The van der Waals surface area contributed by atoms with E-state index in [-0.39, 0.29) is 12.4 Å². The number of aliphatic hydroxyl groups excluding tert-OH is 1. The molecule has 92 valence electrons. The SMILES string of the molecule is NCCCc1nc2cc(F)ccc2n1CCO. The third kappa shape index (κ3) is 2.45. The van der Waals surface area contributed by atoms with Crippen LogP contribution >= 0.6 is 0 Å². The Morgan fingerprint density at radius 1 is 1.41 bits per heavy atom. The number of hydrogen-bond acceptors (Lipinski definition) is 3. The lowest BCUT2D eigenvalue weighted by atomic mass is 10.3. The second kappa shape index (κ2) is 5.25. The molecular formula is C12H16FN3O. The van der Waals surface area contributed by atoms with Crippen molar-refractivity contribution in [1.29, 1.82) is 0 Å². The van der Waals surface area contributed by atoms with Crippen molar-refractivity contribution in [3.8, 4) is 0 Å². The standard InChI is InChI=1S/C12H16FN3O/c13-9-3-4-11-10(8-9)15-12(2-1-5-14)16(11)6-7-17/h3-4,8,17H,1-2,5-7,14H2. The van der Waals surface area contributed by atoms with Gasteiger partial charge in [0.15, 0.2) is 0 Å². The van der Waals surface area contributed by atoms with E-state index >= 15 is 0 Å². The monoisotopic (exact) mass is 237 g/mol. The normalized spacial score (nSPS) is 11.2. The van der Waals surface area contributed by atoms with E-state index < -0.39 is 0 Å². The van der Waals surface area contributed by atoms with E-state index in [1.54, 1.807) is 6.07 Å². The molecule has 0 saturated heterocycles. The van der Waals surface area contributed by atoms with Crippen LogP contribution in [0.4, 0.5) is 4.39 Å². The maximum absolute atomic E-state index is 13.1. The minimum Gasteiger partial charge on any atom is -0.395 e. The molecule has 3 N–H and O–H groups in total. The molecule has 17 heavy (non-hydrogen) atoms. The number of hydrogen-bond donors (Lipinski definition) is 2. The summed E-state index contributed by atoms with van der Waals surface area (Å²) in [4.78, 5) is 4.39. The predicted molar refractivity (Wildman–Crippen MR) is 64.2 cm³/mol. The number of imidazole rings is 1. The van der Waals surface area contributed by atoms with Gasteiger partial charge in [0.05, 0.1) is 17.6 Å². The molecular weight excluding hydrogens is 221 g/mol. The number of rotatable bonds is 5. The Kier molecular flexibility index (Phi) is 3.71. The molecule has 0 bridgehead atoms. The van der Waals surface area contributed by atoms with Gasteiger partial charge in [-0.1, -0.05) is 0 Å². The first-order valence-electron chi connectivity index (χ1n) is 5.72. The van der Waals surface area contributed by atoms with E-state index in [2.05, 4.69) is 4.98 Å².